The molecule has 72 valence electrons. The first-order valence-electron chi connectivity index (χ1n) is 3.65. The summed E-state index contributed by atoms with van der Waals surface area (Å²) in [7, 11) is 0. The molecule has 0 aliphatic heterocycles. The van der Waals surface area contributed by atoms with Crippen LogP contribution in [0, 0.1) is 5.82 Å². The lowest BCUT2D eigenvalue weighted by atomic mass is 10.3. The Bertz CT molecular complexity index is 523. The second-order valence-corrected chi connectivity index (χ2v) is 3.04. The predicted octanol–water partition coefficient (Wildman–Crippen LogP) is 1.82. The molecule has 2 aromatic heterocycles. The quantitative estimate of drug-likeness (QED) is 0.788. The summed E-state index contributed by atoms with van der Waals surface area (Å²) >= 11 is 5.51. The first-order chi connectivity index (χ1) is 6.61. The molecule has 2 heterocycles. The van der Waals surface area contributed by atoms with Crippen molar-refractivity contribution in [2.75, 3.05) is 0 Å². The van der Waals surface area contributed by atoms with Gasteiger partial charge >= 0.3 is 5.97 Å². The van der Waals surface area contributed by atoms with Gasteiger partial charge in [-0.25, -0.2) is 14.2 Å². The highest BCUT2D eigenvalue weighted by molar-refractivity contribution is 6.31. The predicted molar refractivity (Wildman–Crippen MR) is 47.1 cm³/mol. The average molecular weight is 215 g/mol. The van der Waals surface area contributed by atoms with E-state index in [2.05, 4.69) is 4.98 Å². The lowest BCUT2D eigenvalue weighted by molar-refractivity contribution is 0.0693. The summed E-state index contributed by atoms with van der Waals surface area (Å²) in [4.78, 5) is 14.2. The molecule has 0 amide bonds. The number of aromatic carboxylic acids is 1. The zero-order chi connectivity index (χ0) is 10.3. The molecule has 0 radical (unpaired) electrons. The Balaban J connectivity index is 2.89. The highest BCUT2D eigenvalue weighted by Gasteiger charge is 2.17. The van der Waals surface area contributed by atoms with Crippen LogP contribution in [0.1, 0.15) is 10.5 Å². The van der Waals surface area contributed by atoms with Crippen LogP contribution in [0.5, 0.6) is 0 Å². The van der Waals surface area contributed by atoms with Crippen molar-refractivity contribution in [3.63, 3.8) is 0 Å². The van der Waals surface area contributed by atoms with Gasteiger partial charge in [-0.1, -0.05) is 11.6 Å². The number of imidazole rings is 1. The van der Waals surface area contributed by atoms with Gasteiger partial charge in [0.15, 0.2) is 11.5 Å². The molecule has 0 unspecified atom stereocenters. The molecule has 0 aliphatic rings. The van der Waals surface area contributed by atoms with Crippen LogP contribution in [0.25, 0.3) is 5.52 Å². The Kier molecular flexibility index (Phi) is 1.89. The van der Waals surface area contributed by atoms with Crippen molar-refractivity contribution in [2.45, 2.75) is 0 Å². The lowest BCUT2D eigenvalue weighted by Gasteiger charge is -1.98. The fourth-order valence-corrected chi connectivity index (χ4v) is 1.33. The van der Waals surface area contributed by atoms with E-state index < -0.39 is 11.8 Å². The second-order valence-electron chi connectivity index (χ2n) is 2.63. The molecule has 2 aromatic rings. The monoisotopic (exact) mass is 214 g/mol. The largest absolute Gasteiger partial charge is 0.476 e. The van der Waals surface area contributed by atoms with E-state index in [-0.39, 0.29) is 16.2 Å². The van der Waals surface area contributed by atoms with Gasteiger partial charge in [-0.15, -0.1) is 0 Å². The Hall–Kier alpha value is -1.62. The summed E-state index contributed by atoms with van der Waals surface area (Å²) < 4.78 is 14.7. The first kappa shape index (κ1) is 8.96. The summed E-state index contributed by atoms with van der Waals surface area (Å²) in [5.74, 6) is -2.06. The number of pyridine rings is 1. The summed E-state index contributed by atoms with van der Waals surface area (Å²) in [5, 5.41) is 8.58. The maximum Gasteiger partial charge on any atom is 0.356 e. The van der Waals surface area contributed by atoms with Crippen molar-refractivity contribution < 1.29 is 14.3 Å². The van der Waals surface area contributed by atoms with Crippen molar-refractivity contribution in [2.24, 2.45) is 0 Å². The van der Waals surface area contributed by atoms with E-state index in [1.165, 1.54) is 23.0 Å². The van der Waals surface area contributed by atoms with Crippen LogP contribution < -0.4 is 0 Å². The first-order valence-corrected chi connectivity index (χ1v) is 4.03. The van der Waals surface area contributed by atoms with Crippen LogP contribution in [0.4, 0.5) is 4.39 Å². The van der Waals surface area contributed by atoms with E-state index in [9.17, 15) is 9.18 Å². The van der Waals surface area contributed by atoms with Gasteiger partial charge in [0.25, 0.3) is 0 Å². The van der Waals surface area contributed by atoms with Gasteiger partial charge in [0, 0.05) is 6.20 Å². The number of halogens is 2. The molecule has 0 atom stereocenters. The van der Waals surface area contributed by atoms with Crippen LogP contribution in [0.15, 0.2) is 18.6 Å². The molecule has 0 bridgehead atoms. The lowest BCUT2D eigenvalue weighted by Crippen LogP contribution is -1.99. The van der Waals surface area contributed by atoms with E-state index in [0.29, 0.717) is 0 Å². The van der Waals surface area contributed by atoms with Crippen LogP contribution in [0.3, 0.4) is 0 Å². The van der Waals surface area contributed by atoms with Crippen LogP contribution in [-0.4, -0.2) is 20.5 Å². The molecule has 2 rings (SSSR count). The smallest absolute Gasteiger partial charge is 0.356 e. The van der Waals surface area contributed by atoms with E-state index in [1.807, 2.05) is 0 Å². The Morgan fingerprint density at radius 2 is 2.36 bits per heavy atom. The molecule has 0 saturated carbocycles. The Morgan fingerprint density at radius 3 is 3.00 bits per heavy atom. The van der Waals surface area contributed by atoms with Crippen molar-refractivity contribution in [1.29, 1.82) is 0 Å². The van der Waals surface area contributed by atoms with Crippen molar-refractivity contribution in [3.8, 4) is 0 Å². The van der Waals surface area contributed by atoms with Gasteiger partial charge in [-0.05, 0) is 6.07 Å². The number of aromatic nitrogens is 2. The highest BCUT2D eigenvalue weighted by atomic mass is 35.5. The molecule has 0 fully saturated rings. The molecular weight excluding hydrogens is 211 g/mol. The number of carboxylic acid groups (broad SMARTS) is 1. The van der Waals surface area contributed by atoms with Crippen molar-refractivity contribution in [3.05, 3.63) is 35.1 Å². The fourth-order valence-electron chi connectivity index (χ4n) is 1.18. The molecular formula is C8H4ClFN2O2. The number of carbonyl (C=O) groups is 1. The molecule has 1 N–H and O–H groups in total. The number of nitrogens with zero attached hydrogens (tertiary/aromatic N) is 2. The maximum atomic E-state index is 13.4. The van der Waals surface area contributed by atoms with Crippen LogP contribution in [0.2, 0.25) is 5.02 Å². The zero-order valence-corrected chi connectivity index (χ0v) is 7.49. The van der Waals surface area contributed by atoms with Gasteiger partial charge in [0.1, 0.15) is 11.8 Å². The van der Waals surface area contributed by atoms with E-state index >= 15 is 0 Å². The minimum absolute atomic E-state index is 0.120. The number of hydrogen-bond donors (Lipinski definition) is 1. The third-order valence-corrected chi connectivity index (χ3v) is 2.09. The zero-order valence-electron chi connectivity index (χ0n) is 6.74. The third-order valence-electron chi connectivity index (χ3n) is 1.80. The van der Waals surface area contributed by atoms with Gasteiger partial charge in [0.05, 0.1) is 5.02 Å². The fraction of sp³-hybridized carbons (Fsp3) is 0. The standard InChI is InChI=1S/C8H4ClFN2O2/c9-4-1-2-12-3-11-6(8(13)14)7(12)5(4)10/h1-3H,(H,13,14). The van der Waals surface area contributed by atoms with Gasteiger partial charge < -0.3 is 9.51 Å². The number of hydrogen-bond acceptors (Lipinski definition) is 2. The topological polar surface area (TPSA) is 54.6 Å². The minimum Gasteiger partial charge on any atom is -0.476 e. The molecule has 0 spiro atoms. The average Bonchev–Trinajstić information content (AvgIpc) is 2.55. The van der Waals surface area contributed by atoms with E-state index in [1.54, 1.807) is 0 Å². The van der Waals surface area contributed by atoms with E-state index in [0.717, 1.165) is 0 Å². The Morgan fingerprint density at radius 1 is 1.64 bits per heavy atom. The molecule has 0 aliphatic carbocycles. The second kappa shape index (κ2) is 2.95. The summed E-state index contributed by atoms with van der Waals surface area (Å²) in [6.07, 6.45) is 2.67. The van der Waals surface area contributed by atoms with Gasteiger partial charge in [0.2, 0.25) is 0 Å². The molecule has 6 heteroatoms. The normalized spacial score (nSPS) is 10.7. The highest BCUT2D eigenvalue weighted by Crippen LogP contribution is 2.21. The van der Waals surface area contributed by atoms with Crippen molar-refractivity contribution in [1.82, 2.24) is 9.38 Å². The van der Waals surface area contributed by atoms with Gasteiger partial charge in [-0.3, -0.25) is 0 Å². The minimum atomic E-state index is -1.28. The van der Waals surface area contributed by atoms with Crippen molar-refractivity contribution >= 4 is 23.1 Å². The summed E-state index contributed by atoms with van der Waals surface area (Å²) in [6, 6.07) is 1.33. The molecule has 14 heavy (non-hydrogen) atoms. The molecule has 4 nitrogen and oxygen atoms in total. The van der Waals surface area contributed by atoms with Gasteiger partial charge in [-0.2, -0.15) is 0 Å². The SMILES string of the molecule is O=C(O)c1ncn2ccc(Cl)c(F)c12. The van der Waals surface area contributed by atoms with Crippen LogP contribution >= 0.6 is 11.6 Å². The summed E-state index contributed by atoms with van der Waals surface area (Å²) in [5.41, 5.74) is -0.463. The Labute approximate surface area is 82.6 Å². The van der Waals surface area contributed by atoms with Crippen LogP contribution in [-0.2, 0) is 0 Å². The van der Waals surface area contributed by atoms with E-state index in [4.69, 9.17) is 16.7 Å². The number of fused-ring (bicyclic) bond motifs is 1. The molecule has 0 saturated heterocycles. The number of rotatable bonds is 1. The summed E-state index contributed by atoms with van der Waals surface area (Å²) in [6.45, 7) is 0. The molecule has 0 aromatic carbocycles. The maximum absolute atomic E-state index is 13.4. The number of carboxylic acids is 1. The third kappa shape index (κ3) is 1.13.